The second-order valence-corrected chi connectivity index (χ2v) is 7.25. The van der Waals surface area contributed by atoms with E-state index in [2.05, 4.69) is 27.7 Å². The van der Waals surface area contributed by atoms with Crippen molar-refractivity contribution in [2.45, 2.75) is 67.2 Å². The quantitative estimate of drug-likeness (QED) is 0.702. The van der Waals surface area contributed by atoms with Crippen LogP contribution in [0.25, 0.3) is 0 Å². The van der Waals surface area contributed by atoms with Crippen molar-refractivity contribution in [2.75, 3.05) is 0 Å². The predicted molar refractivity (Wildman–Crippen MR) is 103 cm³/mol. The van der Waals surface area contributed by atoms with Gasteiger partial charge in [0.2, 0.25) is 0 Å². The molecule has 0 aromatic heterocycles. The molecule has 2 N–H and O–H groups in total. The van der Waals surface area contributed by atoms with E-state index in [4.69, 9.17) is 0 Å². The summed E-state index contributed by atoms with van der Waals surface area (Å²) in [6.45, 7) is 16.3. The second-order valence-electron chi connectivity index (χ2n) is 7.25. The van der Waals surface area contributed by atoms with Gasteiger partial charge in [-0.2, -0.15) is 0 Å². The van der Waals surface area contributed by atoms with E-state index in [0.29, 0.717) is 11.5 Å². The fraction of sp³-hybridized carbons (Fsp3) is 0.455. The van der Waals surface area contributed by atoms with E-state index < -0.39 is 0 Å². The summed E-state index contributed by atoms with van der Waals surface area (Å²) in [7, 11) is 0. The van der Waals surface area contributed by atoms with Gasteiger partial charge < -0.3 is 10.2 Å². The van der Waals surface area contributed by atoms with E-state index in [0.717, 1.165) is 22.3 Å². The van der Waals surface area contributed by atoms with E-state index in [1.165, 1.54) is 17.5 Å². The molecule has 0 aliphatic rings. The van der Waals surface area contributed by atoms with Gasteiger partial charge in [0, 0.05) is 5.41 Å². The van der Waals surface area contributed by atoms with E-state index >= 15 is 0 Å². The number of hydrogen-bond donors (Lipinski definition) is 2. The molecule has 0 radical (unpaired) electrons. The smallest absolute Gasteiger partial charge is 0.121 e. The molecule has 0 aliphatic carbocycles. The monoisotopic (exact) mass is 328 g/mol. The Bertz CT molecular complexity index is 606. The van der Waals surface area contributed by atoms with Gasteiger partial charge in [-0.1, -0.05) is 58.4 Å². The van der Waals surface area contributed by atoms with Crippen molar-refractivity contribution in [3.8, 4) is 11.5 Å². The second kappa shape index (κ2) is 7.74. The van der Waals surface area contributed by atoms with Crippen molar-refractivity contribution in [1.29, 1.82) is 0 Å². The van der Waals surface area contributed by atoms with Crippen molar-refractivity contribution in [1.82, 2.24) is 0 Å². The van der Waals surface area contributed by atoms with Gasteiger partial charge in [-0.15, -0.1) is 0 Å². The van der Waals surface area contributed by atoms with Crippen LogP contribution in [-0.4, -0.2) is 10.2 Å². The van der Waals surface area contributed by atoms with E-state index in [9.17, 15) is 10.2 Å². The van der Waals surface area contributed by atoms with E-state index in [1.54, 1.807) is 0 Å². The summed E-state index contributed by atoms with van der Waals surface area (Å²) >= 11 is 0. The zero-order valence-corrected chi connectivity index (χ0v) is 16.4. The highest BCUT2D eigenvalue weighted by molar-refractivity contribution is 5.51. The van der Waals surface area contributed by atoms with Gasteiger partial charge in [0.1, 0.15) is 11.5 Å². The molecule has 2 nitrogen and oxygen atoms in total. The Kier molecular flexibility index (Phi) is 6.48. The van der Waals surface area contributed by atoms with Crippen LogP contribution in [0, 0.1) is 27.7 Å². The Balaban J connectivity index is 0.000000891. The molecular weight excluding hydrogens is 296 g/mol. The van der Waals surface area contributed by atoms with Crippen LogP contribution in [0.3, 0.4) is 0 Å². The van der Waals surface area contributed by atoms with Crippen molar-refractivity contribution in [3.05, 3.63) is 57.6 Å². The van der Waals surface area contributed by atoms with E-state index in [-0.39, 0.29) is 5.41 Å². The fourth-order valence-electron chi connectivity index (χ4n) is 2.80. The summed E-state index contributed by atoms with van der Waals surface area (Å²) in [5.41, 5.74) is 5.72. The minimum Gasteiger partial charge on any atom is -0.507 e. The summed E-state index contributed by atoms with van der Waals surface area (Å²) in [4.78, 5) is 0. The van der Waals surface area contributed by atoms with Gasteiger partial charge in [-0.3, -0.25) is 0 Å². The lowest BCUT2D eigenvalue weighted by Crippen LogP contribution is -2.19. The molecule has 0 atom stereocenters. The first-order valence-corrected chi connectivity index (χ1v) is 8.67. The maximum Gasteiger partial charge on any atom is 0.121 e. The number of phenolic OH excluding ortho intramolecular Hbond substituents is 2. The molecule has 132 valence electrons. The Morgan fingerprint density at radius 3 is 1.08 bits per heavy atom. The Morgan fingerprint density at radius 1 is 0.667 bits per heavy atom. The maximum atomic E-state index is 9.96. The molecule has 24 heavy (non-hydrogen) atoms. The number of rotatable bonds is 2. The lowest BCUT2D eigenvalue weighted by molar-refractivity contribution is 0.465. The van der Waals surface area contributed by atoms with Crippen molar-refractivity contribution >= 4 is 0 Å². The minimum absolute atomic E-state index is 0.188. The highest BCUT2D eigenvalue weighted by atomic mass is 16.3. The molecule has 2 rings (SSSR count). The summed E-state index contributed by atoms with van der Waals surface area (Å²) < 4.78 is 0. The normalized spacial score (nSPS) is 11.0. The number of phenols is 2. The summed E-state index contributed by atoms with van der Waals surface area (Å²) in [6.07, 6.45) is 1.25. The lowest BCUT2D eigenvalue weighted by Gasteiger charge is -2.28. The molecule has 0 spiro atoms. The largest absolute Gasteiger partial charge is 0.507 e. The molecular formula is C22H32O2. The molecule has 0 unspecified atom stereocenters. The number of benzene rings is 2. The molecule has 0 bridgehead atoms. The maximum absolute atomic E-state index is 9.96. The molecule has 0 saturated heterocycles. The zero-order chi connectivity index (χ0) is 18.7. The Labute approximate surface area is 147 Å². The summed E-state index contributed by atoms with van der Waals surface area (Å²) in [6, 6.07) is 8.17. The lowest BCUT2D eigenvalue weighted by atomic mass is 9.76. The topological polar surface area (TPSA) is 40.5 Å². The SMILES string of the molecule is CCC.Cc1cc(C(C)(C)c2cc(C)c(O)c(C)c2)cc(C)c1O. The molecule has 0 fully saturated rings. The van der Waals surface area contributed by atoms with Gasteiger partial charge in [0.05, 0.1) is 0 Å². The van der Waals surface area contributed by atoms with Crippen LogP contribution in [0.5, 0.6) is 11.5 Å². The van der Waals surface area contributed by atoms with Crippen LogP contribution >= 0.6 is 0 Å². The number of hydrogen-bond acceptors (Lipinski definition) is 2. The Morgan fingerprint density at radius 2 is 0.875 bits per heavy atom. The molecule has 0 saturated carbocycles. The molecule has 2 heteroatoms. The standard InChI is InChI=1S/C19H24O2.C3H8/c1-11-7-15(8-12(2)17(11)20)19(5,6)16-9-13(3)18(21)14(4)10-16;1-3-2/h7-10,20-21H,1-6H3;3H2,1-2H3. The van der Waals surface area contributed by atoms with Gasteiger partial charge >= 0.3 is 0 Å². The molecule has 0 amide bonds. The molecule has 2 aromatic rings. The van der Waals surface area contributed by atoms with Crippen LogP contribution in [0.1, 0.15) is 67.5 Å². The first kappa shape index (κ1) is 20.1. The average molecular weight is 328 g/mol. The minimum atomic E-state index is -0.188. The van der Waals surface area contributed by atoms with Crippen molar-refractivity contribution in [2.24, 2.45) is 0 Å². The average Bonchev–Trinajstić information content (AvgIpc) is 2.49. The molecule has 0 heterocycles. The van der Waals surface area contributed by atoms with Crippen molar-refractivity contribution < 1.29 is 10.2 Å². The van der Waals surface area contributed by atoms with Gasteiger partial charge in [-0.25, -0.2) is 0 Å². The van der Waals surface area contributed by atoms with Gasteiger partial charge in [0.25, 0.3) is 0 Å². The summed E-state index contributed by atoms with van der Waals surface area (Å²) in [5, 5.41) is 19.9. The van der Waals surface area contributed by atoms with Crippen LogP contribution in [0.15, 0.2) is 24.3 Å². The fourth-order valence-corrected chi connectivity index (χ4v) is 2.80. The van der Waals surface area contributed by atoms with Gasteiger partial charge in [-0.05, 0) is 61.1 Å². The summed E-state index contributed by atoms with van der Waals surface area (Å²) in [5.74, 6) is 0.736. The third-order valence-corrected chi connectivity index (χ3v) is 4.43. The number of aromatic hydroxyl groups is 2. The van der Waals surface area contributed by atoms with Crippen LogP contribution < -0.4 is 0 Å². The first-order valence-electron chi connectivity index (χ1n) is 8.67. The van der Waals surface area contributed by atoms with E-state index in [1.807, 2.05) is 52.0 Å². The third kappa shape index (κ3) is 4.11. The Hall–Kier alpha value is -1.96. The highest BCUT2D eigenvalue weighted by Crippen LogP contribution is 2.37. The van der Waals surface area contributed by atoms with Crippen LogP contribution in [0.4, 0.5) is 0 Å². The predicted octanol–water partition coefficient (Wildman–Crippen LogP) is 6.07. The third-order valence-electron chi connectivity index (χ3n) is 4.43. The molecule has 0 aliphatic heterocycles. The first-order chi connectivity index (χ1) is 11.1. The highest BCUT2D eigenvalue weighted by Gasteiger charge is 2.25. The molecule has 2 aromatic carbocycles. The number of aryl methyl sites for hydroxylation is 4. The van der Waals surface area contributed by atoms with Gasteiger partial charge in [0.15, 0.2) is 0 Å². The van der Waals surface area contributed by atoms with Crippen LogP contribution in [-0.2, 0) is 5.41 Å². The van der Waals surface area contributed by atoms with Crippen molar-refractivity contribution in [3.63, 3.8) is 0 Å². The zero-order valence-electron chi connectivity index (χ0n) is 16.4. The van der Waals surface area contributed by atoms with Crippen LogP contribution in [0.2, 0.25) is 0 Å².